The van der Waals surface area contributed by atoms with Crippen LogP contribution in [0.25, 0.3) is 11.0 Å². The molecule has 2 atom stereocenters. The predicted molar refractivity (Wildman–Crippen MR) is 90.3 cm³/mol. The topological polar surface area (TPSA) is 76.1 Å². The monoisotopic (exact) mass is 326 g/mol. The van der Waals surface area contributed by atoms with Crippen LogP contribution >= 0.6 is 0 Å². The molecule has 1 fully saturated rings. The molecule has 6 heteroatoms. The number of aliphatic hydroxyl groups is 1. The molecular formula is C18H22N4O2. The van der Waals surface area contributed by atoms with Gasteiger partial charge in [-0.3, -0.25) is 0 Å². The van der Waals surface area contributed by atoms with Gasteiger partial charge in [0.25, 0.3) is 0 Å². The van der Waals surface area contributed by atoms with E-state index < -0.39 is 0 Å². The van der Waals surface area contributed by atoms with Crippen LogP contribution in [-0.4, -0.2) is 26.1 Å². The first-order chi connectivity index (χ1) is 11.8. The van der Waals surface area contributed by atoms with Gasteiger partial charge < -0.3 is 14.8 Å². The van der Waals surface area contributed by atoms with Crippen LogP contribution in [0.5, 0.6) is 0 Å². The first kappa shape index (κ1) is 15.4. The molecule has 2 N–H and O–H groups in total. The third kappa shape index (κ3) is 2.95. The minimum absolute atomic E-state index is 0.0637. The van der Waals surface area contributed by atoms with E-state index in [0.717, 1.165) is 25.0 Å². The molecule has 6 nitrogen and oxygen atoms in total. The van der Waals surface area contributed by atoms with Crippen molar-refractivity contribution in [2.45, 2.75) is 50.9 Å². The molecule has 0 unspecified atom stereocenters. The fourth-order valence-electron chi connectivity index (χ4n) is 3.62. The Hall–Kier alpha value is -2.18. The van der Waals surface area contributed by atoms with Gasteiger partial charge in [0.1, 0.15) is 11.3 Å². The zero-order chi connectivity index (χ0) is 16.4. The number of aliphatic hydroxyl groups excluding tert-OH is 1. The van der Waals surface area contributed by atoms with Gasteiger partial charge in [0, 0.05) is 23.5 Å². The van der Waals surface area contributed by atoms with Crippen LogP contribution in [0.3, 0.4) is 0 Å². The Balaban J connectivity index is 1.49. The second-order valence-corrected chi connectivity index (χ2v) is 6.44. The standard InChI is InChI=1S/C18H22N4O2/c23-11-14-10-22(21-20-14)17-7-3-2-6-16(17)19-9-13-12-24-18-8-4-1-5-15(13)18/h1,4-5,8,10,12,16-17,19,23H,2-3,6-7,9,11H2/t16-,17+/m0/s1. The molecule has 4 rings (SSSR count). The van der Waals surface area contributed by atoms with Crippen molar-refractivity contribution in [3.05, 3.63) is 48.0 Å². The lowest BCUT2D eigenvalue weighted by Crippen LogP contribution is -2.39. The van der Waals surface area contributed by atoms with Crippen molar-refractivity contribution in [3.8, 4) is 0 Å². The molecule has 0 amide bonds. The fourth-order valence-corrected chi connectivity index (χ4v) is 3.62. The molecule has 0 bridgehead atoms. The highest BCUT2D eigenvalue weighted by Gasteiger charge is 2.27. The summed E-state index contributed by atoms with van der Waals surface area (Å²) in [5, 5.41) is 22.3. The van der Waals surface area contributed by atoms with Crippen molar-refractivity contribution in [2.24, 2.45) is 0 Å². The second kappa shape index (κ2) is 6.75. The molecule has 2 heterocycles. The van der Waals surface area contributed by atoms with E-state index in [2.05, 4.69) is 21.7 Å². The van der Waals surface area contributed by atoms with E-state index in [9.17, 15) is 5.11 Å². The number of fused-ring (bicyclic) bond motifs is 1. The summed E-state index contributed by atoms with van der Waals surface area (Å²) < 4.78 is 7.54. The first-order valence-corrected chi connectivity index (χ1v) is 8.55. The van der Waals surface area contributed by atoms with Crippen molar-refractivity contribution in [2.75, 3.05) is 0 Å². The zero-order valence-corrected chi connectivity index (χ0v) is 13.6. The van der Waals surface area contributed by atoms with Gasteiger partial charge in [-0.1, -0.05) is 36.3 Å². The number of nitrogens with zero attached hydrogens (tertiary/aromatic N) is 3. The Morgan fingerprint density at radius 2 is 2.12 bits per heavy atom. The van der Waals surface area contributed by atoms with Crippen LogP contribution in [0.2, 0.25) is 0 Å². The van der Waals surface area contributed by atoms with Crippen LogP contribution in [0.15, 0.2) is 41.1 Å². The molecule has 0 radical (unpaired) electrons. The average molecular weight is 326 g/mol. The molecule has 0 saturated heterocycles. The third-order valence-corrected chi connectivity index (χ3v) is 4.90. The van der Waals surface area contributed by atoms with Gasteiger partial charge in [0.05, 0.1) is 25.1 Å². The van der Waals surface area contributed by atoms with E-state index in [0.29, 0.717) is 11.7 Å². The first-order valence-electron chi connectivity index (χ1n) is 8.55. The van der Waals surface area contributed by atoms with Gasteiger partial charge in [0.2, 0.25) is 0 Å². The fraction of sp³-hybridized carbons (Fsp3) is 0.444. The van der Waals surface area contributed by atoms with Crippen LogP contribution < -0.4 is 5.32 Å². The van der Waals surface area contributed by atoms with Crippen LogP contribution in [0, 0.1) is 0 Å². The number of benzene rings is 1. The van der Waals surface area contributed by atoms with E-state index >= 15 is 0 Å². The van der Waals surface area contributed by atoms with Crippen molar-refractivity contribution in [1.29, 1.82) is 0 Å². The van der Waals surface area contributed by atoms with Gasteiger partial charge in [-0.2, -0.15) is 0 Å². The van der Waals surface area contributed by atoms with Gasteiger partial charge >= 0.3 is 0 Å². The molecule has 1 aromatic carbocycles. The SMILES string of the molecule is OCc1cn([C@@H]2CCCC[C@@H]2NCc2coc3ccccc23)nn1. The number of rotatable bonds is 5. The summed E-state index contributed by atoms with van der Waals surface area (Å²) in [6.45, 7) is 0.714. The summed E-state index contributed by atoms with van der Waals surface area (Å²) >= 11 is 0. The maximum atomic E-state index is 9.20. The van der Waals surface area contributed by atoms with Gasteiger partial charge in [-0.25, -0.2) is 4.68 Å². The van der Waals surface area contributed by atoms with Gasteiger partial charge in [-0.15, -0.1) is 5.10 Å². The minimum atomic E-state index is -0.0637. The summed E-state index contributed by atoms with van der Waals surface area (Å²) in [5.41, 5.74) is 2.74. The normalized spacial score (nSPS) is 21.4. The van der Waals surface area contributed by atoms with Gasteiger partial charge in [-0.05, 0) is 18.9 Å². The average Bonchev–Trinajstić information content (AvgIpc) is 3.27. The largest absolute Gasteiger partial charge is 0.464 e. The summed E-state index contributed by atoms with van der Waals surface area (Å²) in [5.74, 6) is 0. The number of nitrogens with one attached hydrogen (secondary N) is 1. The van der Waals surface area contributed by atoms with Crippen LogP contribution in [0.4, 0.5) is 0 Å². The molecule has 1 aliphatic carbocycles. The number of hydrogen-bond donors (Lipinski definition) is 2. The molecular weight excluding hydrogens is 304 g/mol. The molecule has 0 spiro atoms. The number of para-hydroxylation sites is 1. The van der Waals surface area contributed by atoms with Crippen molar-refractivity contribution >= 4 is 11.0 Å². The van der Waals surface area contributed by atoms with E-state index in [1.807, 2.05) is 35.3 Å². The van der Waals surface area contributed by atoms with Crippen LogP contribution in [-0.2, 0) is 13.2 Å². The third-order valence-electron chi connectivity index (χ3n) is 4.90. The Kier molecular flexibility index (Phi) is 4.32. The summed E-state index contributed by atoms with van der Waals surface area (Å²) in [6.07, 6.45) is 8.33. The lowest BCUT2D eigenvalue weighted by Gasteiger charge is -2.32. The Morgan fingerprint density at radius 1 is 1.25 bits per heavy atom. The Morgan fingerprint density at radius 3 is 3.00 bits per heavy atom. The smallest absolute Gasteiger partial charge is 0.134 e. The molecule has 1 aliphatic rings. The minimum Gasteiger partial charge on any atom is -0.464 e. The van der Waals surface area contributed by atoms with E-state index in [1.165, 1.54) is 23.8 Å². The van der Waals surface area contributed by atoms with Gasteiger partial charge in [0.15, 0.2) is 0 Å². The van der Waals surface area contributed by atoms with Crippen molar-refractivity contribution < 1.29 is 9.52 Å². The van der Waals surface area contributed by atoms with E-state index in [1.54, 1.807) is 0 Å². The number of aromatic nitrogens is 3. The predicted octanol–water partition coefficient (Wildman–Crippen LogP) is 2.79. The quantitative estimate of drug-likeness (QED) is 0.754. The highest BCUT2D eigenvalue weighted by molar-refractivity contribution is 5.80. The second-order valence-electron chi connectivity index (χ2n) is 6.44. The lowest BCUT2D eigenvalue weighted by molar-refractivity contribution is 0.242. The molecule has 24 heavy (non-hydrogen) atoms. The number of furan rings is 1. The van der Waals surface area contributed by atoms with Crippen molar-refractivity contribution in [3.63, 3.8) is 0 Å². The molecule has 1 saturated carbocycles. The maximum absolute atomic E-state index is 9.20. The van der Waals surface area contributed by atoms with Crippen molar-refractivity contribution in [1.82, 2.24) is 20.3 Å². The molecule has 126 valence electrons. The molecule has 0 aliphatic heterocycles. The summed E-state index contributed by atoms with van der Waals surface area (Å²) in [4.78, 5) is 0. The molecule has 2 aromatic heterocycles. The Bertz CT molecular complexity index is 810. The maximum Gasteiger partial charge on any atom is 0.134 e. The summed E-state index contributed by atoms with van der Waals surface area (Å²) in [7, 11) is 0. The Labute approximate surface area is 140 Å². The lowest BCUT2D eigenvalue weighted by atomic mass is 9.90. The van der Waals surface area contributed by atoms with E-state index in [4.69, 9.17) is 4.42 Å². The highest BCUT2D eigenvalue weighted by Crippen LogP contribution is 2.29. The zero-order valence-electron chi connectivity index (χ0n) is 13.6. The number of hydrogen-bond acceptors (Lipinski definition) is 5. The van der Waals surface area contributed by atoms with Crippen LogP contribution in [0.1, 0.15) is 43.0 Å². The molecule has 3 aromatic rings. The highest BCUT2D eigenvalue weighted by atomic mass is 16.3. The van der Waals surface area contributed by atoms with E-state index in [-0.39, 0.29) is 12.6 Å². The summed E-state index contributed by atoms with van der Waals surface area (Å²) in [6, 6.07) is 8.75.